The van der Waals surface area contributed by atoms with Crippen LogP contribution < -0.4 is 0 Å². The Labute approximate surface area is 146 Å². The van der Waals surface area contributed by atoms with E-state index in [2.05, 4.69) is 9.97 Å². The van der Waals surface area contributed by atoms with Crippen LogP contribution >= 0.6 is 0 Å². The van der Waals surface area contributed by atoms with Crippen molar-refractivity contribution in [3.8, 4) is 11.5 Å². The highest BCUT2D eigenvalue weighted by Gasteiger charge is 2.37. The summed E-state index contributed by atoms with van der Waals surface area (Å²) in [6, 6.07) is 15.8. The first-order valence-corrected chi connectivity index (χ1v) is 7.97. The molecule has 132 valence electrons. The van der Waals surface area contributed by atoms with Crippen molar-refractivity contribution >= 4 is 11.0 Å². The number of fused-ring (bicyclic) bond motifs is 1. The van der Waals surface area contributed by atoms with E-state index >= 15 is 0 Å². The second-order valence-electron chi connectivity index (χ2n) is 5.90. The van der Waals surface area contributed by atoms with Crippen molar-refractivity contribution in [3.63, 3.8) is 0 Å². The van der Waals surface area contributed by atoms with Gasteiger partial charge in [0.25, 0.3) is 0 Å². The van der Waals surface area contributed by atoms with Crippen molar-refractivity contribution in [1.29, 1.82) is 0 Å². The standard InChI is InChI=1S/C19H14F3N3O/c1-12-15(23-17(26-12)13-7-3-2-4-8-13)11-25-16-10-6-5-9-14(16)24-18(25)19(20,21)22/h2-10H,11H2,1H3. The Balaban J connectivity index is 1.80. The Morgan fingerprint density at radius 3 is 2.38 bits per heavy atom. The minimum absolute atomic E-state index is 0.0719. The van der Waals surface area contributed by atoms with E-state index in [1.807, 2.05) is 30.3 Å². The summed E-state index contributed by atoms with van der Waals surface area (Å²) in [5, 5.41) is 0. The molecule has 0 aliphatic rings. The first-order chi connectivity index (χ1) is 12.4. The van der Waals surface area contributed by atoms with Gasteiger partial charge in [-0.2, -0.15) is 13.2 Å². The minimum Gasteiger partial charge on any atom is -0.441 e. The number of hydrogen-bond acceptors (Lipinski definition) is 3. The third-order valence-electron chi connectivity index (χ3n) is 4.13. The molecule has 4 aromatic rings. The fraction of sp³-hybridized carbons (Fsp3) is 0.158. The van der Waals surface area contributed by atoms with E-state index in [4.69, 9.17) is 4.42 Å². The zero-order valence-electron chi connectivity index (χ0n) is 13.8. The molecule has 26 heavy (non-hydrogen) atoms. The van der Waals surface area contributed by atoms with E-state index in [9.17, 15) is 13.2 Å². The molecule has 0 amide bonds. The van der Waals surface area contributed by atoms with E-state index in [1.165, 1.54) is 0 Å². The highest BCUT2D eigenvalue weighted by molar-refractivity contribution is 5.76. The predicted molar refractivity (Wildman–Crippen MR) is 90.5 cm³/mol. The Morgan fingerprint density at radius 1 is 0.962 bits per heavy atom. The summed E-state index contributed by atoms with van der Waals surface area (Å²) in [5.74, 6) is -0.0757. The molecule has 4 rings (SSSR count). The maximum Gasteiger partial charge on any atom is 0.449 e. The molecule has 7 heteroatoms. The van der Waals surface area contributed by atoms with Crippen molar-refractivity contribution in [1.82, 2.24) is 14.5 Å². The third kappa shape index (κ3) is 2.85. The van der Waals surface area contributed by atoms with Crippen molar-refractivity contribution in [3.05, 3.63) is 71.9 Å². The fourth-order valence-electron chi connectivity index (χ4n) is 2.88. The van der Waals surface area contributed by atoms with E-state index in [0.29, 0.717) is 28.4 Å². The topological polar surface area (TPSA) is 43.9 Å². The summed E-state index contributed by atoms with van der Waals surface area (Å²) in [5.41, 5.74) is 1.92. The number of rotatable bonds is 3. The van der Waals surface area contributed by atoms with Crippen molar-refractivity contribution in [2.75, 3.05) is 0 Å². The lowest BCUT2D eigenvalue weighted by molar-refractivity contribution is -0.146. The van der Waals surface area contributed by atoms with Crippen LogP contribution in [0, 0.1) is 6.92 Å². The molecule has 0 atom stereocenters. The highest BCUT2D eigenvalue weighted by Crippen LogP contribution is 2.32. The van der Waals surface area contributed by atoms with Crippen LogP contribution in [0.5, 0.6) is 0 Å². The first-order valence-electron chi connectivity index (χ1n) is 7.97. The van der Waals surface area contributed by atoms with Gasteiger partial charge in [0.2, 0.25) is 11.7 Å². The van der Waals surface area contributed by atoms with Crippen LogP contribution in [0.25, 0.3) is 22.5 Å². The molecule has 0 saturated carbocycles. The molecule has 2 aromatic heterocycles. The number of nitrogens with zero attached hydrogens (tertiary/aromatic N) is 3. The quantitative estimate of drug-likeness (QED) is 0.514. The van der Waals surface area contributed by atoms with Gasteiger partial charge in [0, 0.05) is 5.56 Å². The van der Waals surface area contributed by atoms with Crippen molar-refractivity contribution in [2.45, 2.75) is 19.6 Å². The summed E-state index contributed by atoms with van der Waals surface area (Å²) in [4.78, 5) is 8.16. The fourth-order valence-corrected chi connectivity index (χ4v) is 2.88. The maximum absolute atomic E-state index is 13.4. The van der Waals surface area contributed by atoms with Gasteiger partial charge in [0.05, 0.1) is 17.6 Å². The second kappa shape index (κ2) is 6.01. The largest absolute Gasteiger partial charge is 0.449 e. The second-order valence-corrected chi connectivity index (χ2v) is 5.90. The van der Waals surface area contributed by atoms with Gasteiger partial charge < -0.3 is 8.98 Å². The van der Waals surface area contributed by atoms with Crippen LogP contribution in [-0.4, -0.2) is 14.5 Å². The van der Waals surface area contributed by atoms with Gasteiger partial charge in [-0.3, -0.25) is 0 Å². The van der Waals surface area contributed by atoms with Crippen LogP contribution in [0.2, 0.25) is 0 Å². The maximum atomic E-state index is 13.4. The molecule has 0 N–H and O–H groups in total. The Bertz CT molecular complexity index is 1060. The van der Waals surface area contributed by atoms with Gasteiger partial charge >= 0.3 is 6.18 Å². The molecule has 0 bridgehead atoms. The lowest BCUT2D eigenvalue weighted by Gasteiger charge is -2.10. The number of para-hydroxylation sites is 2. The third-order valence-corrected chi connectivity index (χ3v) is 4.13. The molecular weight excluding hydrogens is 343 g/mol. The SMILES string of the molecule is Cc1oc(-c2ccccc2)nc1Cn1c(C(F)(F)F)nc2ccccc21. The summed E-state index contributed by atoms with van der Waals surface area (Å²) in [6.45, 7) is 1.62. The predicted octanol–water partition coefficient (Wildman–Crippen LogP) is 5.07. The number of aromatic nitrogens is 3. The average Bonchev–Trinajstić information content (AvgIpc) is 3.17. The zero-order chi connectivity index (χ0) is 18.3. The molecule has 0 aliphatic heterocycles. The van der Waals surface area contributed by atoms with Crippen LogP contribution in [0.3, 0.4) is 0 Å². The van der Waals surface area contributed by atoms with E-state index < -0.39 is 12.0 Å². The number of alkyl halides is 3. The minimum atomic E-state index is -4.56. The molecule has 4 nitrogen and oxygen atoms in total. The van der Waals surface area contributed by atoms with Crippen LogP contribution in [0.1, 0.15) is 17.3 Å². The number of halogens is 3. The van der Waals surface area contributed by atoms with Gasteiger partial charge in [-0.15, -0.1) is 0 Å². The van der Waals surface area contributed by atoms with Crippen LogP contribution in [-0.2, 0) is 12.7 Å². The van der Waals surface area contributed by atoms with Gasteiger partial charge in [0.1, 0.15) is 11.5 Å². The van der Waals surface area contributed by atoms with E-state index in [-0.39, 0.29) is 6.54 Å². The molecule has 0 spiro atoms. The van der Waals surface area contributed by atoms with Gasteiger partial charge in [0.15, 0.2) is 0 Å². The number of imidazole rings is 1. The Kier molecular flexibility index (Phi) is 3.79. The van der Waals surface area contributed by atoms with E-state index in [1.54, 1.807) is 31.2 Å². The molecular formula is C19H14F3N3O. The molecule has 0 aliphatic carbocycles. The Hall–Kier alpha value is -3.09. The first kappa shape index (κ1) is 16.4. The van der Waals surface area contributed by atoms with Gasteiger partial charge in [-0.05, 0) is 31.2 Å². The molecule has 2 aromatic carbocycles. The van der Waals surface area contributed by atoms with Gasteiger partial charge in [-0.1, -0.05) is 30.3 Å². The lowest BCUT2D eigenvalue weighted by Crippen LogP contribution is -2.16. The summed E-state index contributed by atoms with van der Waals surface area (Å²) in [7, 11) is 0. The molecule has 0 radical (unpaired) electrons. The van der Waals surface area contributed by atoms with E-state index in [0.717, 1.165) is 10.1 Å². The van der Waals surface area contributed by atoms with Crippen molar-refractivity contribution in [2.24, 2.45) is 0 Å². The molecule has 0 saturated heterocycles. The Morgan fingerprint density at radius 2 is 1.65 bits per heavy atom. The number of benzene rings is 2. The highest BCUT2D eigenvalue weighted by atomic mass is 19.4. The normalized spacial score (nSPS) is 12.0. The summed E-state index contributed by atoms with van der Waals surface area (Å²) >= 11 is 0. The molecule has 2 heterocycles. The number of aryl methyl sites for hydroxylation is 1. The van der Waals surface area contributed by atoms with Crippen molar-refractivity contribution < 1.29 is 17.6 Å². The van der Waals surface area contributed by atoms with Crippen LogP contribution in [0.4, 0.5) is 13.2 Å². The van der Waals surface area contributed by atoms with Crippen LogP contribution in [0.15, 0.2) is 59.0 Å². The smallest absolute Gasteiger partial charge is 0.441 e. The lowest BCUT2D eigenvalue weighted by atomic mass is 10.2. The number of oxazole rings is 1. The molecule has 0 fully saturated rings. The summed E-state index contributed by atoms with van der Waals surface area (Å²) in [6.07, 6.45) is -4.56. The molecule has 0 unspecified atom stereocenters. The monoisotopic (exact) mass is 357 g/mol. The van der Waals surface area contributed by atoms with Gasteiger partial charge in [-0.25, -0.2) is 9.97 Å². The average molecular weight is 357 g/mol. The zero-order valence-corrected chi connectivity index (χ0v) is 13.8. The summed E-state index contributed by atoms with van der Waals surface area (Å²) < 4.78 is 47.1. The number of hydrogen-bond donors (Lipinski definition) is 0.